The molecule has 32 heavy (non-hydrogen) atoms. The van der Waals surface area contributed by atoms with Crippen molar-refractivity contribution in [3.8, 4) is 25.1 Å². The Labute approximate surface area is 248 Å². The maximum atomic E-state index is 13.2. The van der Waals surface area contributed by atoms with Gasteiger partial charge in [0, 0.05) is 88.7 Å². The van der Waals surface area contributed by atoms with E-state index in [1.54, 1.807) is 13.8 Å². The average molecular weight is 492 g/mol. The summed E-state index contributed by atoms with van der Waals surface area (Å²) in [5.74, 6) is -0.830. The third-order valence-electron chi connectivity index (χ3n) is 4.42. The summed E-state index contributed by atoms with van der Waals surface area (Å²) in [6, 6.07) is 0. The van der Waals surface area contributed by atoms with Gasteiger partial charge in [-0.25, -0.2) is 0 Å². The van der Waals surface area contributed by atoms with E-state index < -0.39 is 24.4 Å². The fourth-order valence-electron chi connectivity index (χ4n) is 3.30. The molecule has 2 aliphatic rings. The summed E-state index contributed by atoms with van der Waals surface area (Å²) in [5.41, 5.74) is 1.07. The number of terminal acetylenes is 2. The van der Waals surface area contributed by atoms with E-state index in [0.29, 0.717) is 24.6 Å². The quantitative estimate of drug-likeness (QED) is 0.304. The zero-order valence-electron chi connectivity index (χ0n) is 17.8. The Morgan fingerprint density at radius 2 is 1.19 bits per heavy atom. The predicted octanol–water partition coefficient (Wildman–Crippen LogP) is 1.49. The molecule has 2 atom stereocenters. The molecule has 2 amide bonds. The molecule has 0 saturated carbocycles. The van der Waals surface area contributed by atoms with Gasteiger partial charge < -0.3 is 28.7 Å². The van der Waals surface area contributed by atoms with E-state index in [0.717, 1.165) is 0 Å². The van der Waals surface area contributed by atoms with Gasteiger partial charge in [-0.2, -0.15) is 0 Å². The third-order valence-corrected chi connectivity index (χ3v) is 4.42. The molecule has 0 fully saturated rings. The van der Waals surface area contributed by atoms with Gasteiger partial charge in [-0.05, 0) is 26.0 Å². The number of hydrogen-bond acceptors (Lipinski definition) is 6. The summed E-state index contributed by atoms with van der Waals surface area (Å²) in [5, 5.41) is 0. The van der Waals surface area contributed by atoms with Gasteiger partial charge in [0.2, 0.25) is 12.6 Å². The van der Waals surface area contributed by atoms with Crippen molar-refractivity contribution in [2.24, 2.45) is 0 Å². The Kier molecular flexibility index (Phi) is 14.6. The first-order chi connectivity index (χ1) is 14.5. The molecule has 0 spiro atoms. The molecule has 8 nitrogen and oxygen atoms in total. The molecule has 10 heteroatoms. The number of amides is 2. The second-order valence-electron chi connectivity index (χ2n) is 6.00. The van der Waals surface area contributed by atoms with E-state index in [1.165, 1.54) is 22.0 Å². The van der Waals surface area contributed by atoms with Crippen molar-refractivity contribution >= 4 is 11.8 Å². The van der Waals surface area contributed by atoms with Crippen LogP contribution in [0.2, 0.25) is 0 Å². The van der Waals surface area contributed by atoms with E-state index in [1.807, 2.05) is 0 Å². The number of allylic oxidation sites excluding steroid dienone is 2. The van der Waals surface area contributed by atoms with Gasteiger partial charge in [-0.1, -0.05) is 26.0 Å². The minimum atomic E-state index is -0.858. The van der Waals surface area contributed by atoms with E-state index in [9.17, 15) is 9.59 Å². The SMILES string of the molecule is C#COC(CN1C(=O)C2=C(C=C)N(CC(OC#C)OCC)C(=O)C2=C1C=C)OCC.[Ar].[Ar]. The van der Waals surface area contributed by atoms with Crippen LogP contribution in [0.1, 0.15) is 13.8 Å². The Bertz CT molecular complexity index is 812. The van der Waals surface area contributed by atoms with Crippen LogP contribution in [0.4, 0.5) is 0 Å². The van der Waals surface area contributed by atoms with Crippen LogP contribution >= 0.6 is 0 Å². The molecule has 2 aliphatic heterocycles. The van der Waals surface area contributed by atoms with Crippen molar-refractivity contribution in [2.45, 2.75) is 26.4 Å². The summed E-state index contributed by atoms with van der Waals surface area (Å²) >= 11 is 0. The molecule has 0 aromatic rings. The first-order valence-corrected chi connectivity index (χ1v) is 9.32. The molecular weight excluding hydrogens is 468 g/mol. The van der Waals surface area contributed by atoms with Crippen LogP contribution in [0.5, 0.6) is 0 Å². The van der Waals surface area contributed by atoms with Crippen LogP contribution in [0.3, 0.4) is 0 Å². The molecule has 174 valence electrons. The third kappa shape index (κ3) is 6.56. The second kappa shape index (κ2) is 15.1. The largest absolute Gasteiger partial charge is 0.413 e. The fraction of sp³-hybridized carbons (Fsp3) is 0.364. The van der Waals surface area contributed by atoms with Crippen molar-refractivity contribution < 1.29 is 104 Å². The fourth-order valence-corrected chi connectivity index (χ4v) is 3.30. The first-order valence-electron chi connectivity index (χ1n) is 9.32. The Balaban J connectivity index is 0.00000480. The van der Waals surface area contributed by atoms with Crippen molar-refractivity contribution in [1.82, 2.24) is 9.80 Å². The van der Waals surface area contributed by atoms with Crippen LogP contribution in [0.15, 0.2) is 47.9 Å². The molecule has 0 saturated heterocycles. The number of ether oxygens (including phenoxy) is 4. The smallest absolute Gasteiger partial charge is 0.261 e. The van der Waals surface area contributed by atoms with Crippen molar-refractivity contribution in [2.75, 3.05) is 26.3 Å². The standard InChI is InChI=1S/C22H24N2O6.2Ar/c1-7-15-19-20(22(26)23(15)13-17(27-9-3)28-10-4)16(8-2)24(21(19)25)14-18(29-11-5)30-12-6;;/h3,5,7-8,17-18H,1-2,10,12-14H2,4,6H3;;. The summed E-state index contributed by atoms with van der Waals surface area (Å²) in [6.07, 6.45) is 15.6. The molecule has 2 rings (SSSR count). The zero-order valence-corrected chi connectivity index (χ0v) is 19.2. The first kappa shape index (κ1) is 31.1. The van der Waals surface area contributed by atoms with E-state index in [-0.39, 0.29) is 99.7 Å². The van der Waals surface area contributed by atoms with Crippen LogP contribution in [0, 0.1) is 101 Å². The predicted molar refractivity (Wildman–Crippen MR) is 109 cm³/mol. The summed E-state index contributed by atoms with van der Waals surface area (Å²) in [4.78, 5) is 29.1. The minimum Gasteiger partial charge on any atom is -0.413 e. The Morgan fingerprint density at radius 3 is 1.44 bits per heavy atom. The second-order valence-corrected chi connectivity index (χ2v) is 6.00. The maximum Gasteiger partial charge on any atom is 0.261 e. The minimum absolute atomic E-state index is 0. The Hall–Kier alpha value is -0.941. The number of nitrogens with zero attached hydrogens (tertiary/aromatic N) is 2. The van der Waals surface area contributed by atoms with E-state index >= 15 is 0 Å². The topological polar surface area (TPSA) is 77.5 Å². The summed E-state index contributed by atoms with van der Waals surface area (Å²) in [6.45, 7) is 11.7. The van der Waals surface area contributed by atoms with Crippen LogP contribution in [-0.2, 0) is 28.5 Å². The zero-order chi connectivity index (χ0) is 22.3. The van der Waals surface area contributed by atoms with E-state index in [2.05, 4.69) is 25.4 Å². The average Bonchev–Trinajstić information content (AvgIpc) is 3.15. The molecule has 0 radical (unpaired) electrons. The molecular formula is C22H24Ar2N2O6. The van der Waals surface area contributed by atoms with E-state index in [4.69, 9.17) is 31.8 Å². The number of hydrogen-bond donors (Lipinski definition) is 0. The Morgan fingerprint density at radius 1 is 0.844 bits per heavy atom. The normalized spacial score (nSPS) is 16.4. The van der Waals surface area contributed by atoms with Crippen molar-refractivity contribution in [3.05, 3.63) is 47.9 Å². The summed E-state index contributed by atoms with van der Waals surface area (Å²) in [7, 11) is 0. The summed E-state index contributed by atoms with van der Waals surface area (Å²) < 4.78 is 21.0. The molecule has 0 N–H and O–H groups in total. The molecule has 2 heterocycles. The number of carbonyl (C=O) groups is 2. The van der Waals surface area contributed by atoms with Gasteiger partial charge in [0.05, 0.1) is 35.6 Å². The molecule has 0 aromatic heterocycles. The van der Waals surface area contributed by atoms with Gasteiger partial charge in [0.1, 0.15) is 12.2 Å². The van der Waals surface area contributed by atoms with Crippen molar-refractivity contribution in [1.29, 1.82) is 0 Å². The van der Waals surface area contributed by atoms with Crippen LogP contribution < -0.4 is 0 Å². The molecule has 2 unspecified atom stereocenters. The van der Waals surface area contributed by atoms with Gasteiger partial charge in [-0.15, -0.1) is 0 Å². The molecule has 0 aromatic carbocycles. The van der Waals surface area contributed by atoms with Gasteiger partial charge in [0.15, 0.2) is 0 Å². The monoisotopic (exact) mass is 492 g/mol. The van der Waals surface area contributed by atoms with Crippen LogP contribution in [-0.4, -0.2) is 60.5 Å². The molecule has 0 aliphatic carbocycles. The number of fused-ring (bicyclic) bond motifs is 1. The van der Waals surface area contributed by atoms with Crippen molar-refractivity contribution in [3.63, 3.8) is 0 Å². The maximum absolute atomic E-state index is 13.2. The van der Waals surface area contributed by atoms with Gasteiger partial charge in [0.25, 0.3) is 11.8 Å². The van der Waals surface area contributed by atoms with Gasteiger partial charge in [-0.3, -0.25) is 9.59 Å². The van der Waals surface area contributed by atoms with Crippen LogP contribution in [0.25, 0.3) is 0 Å². The number of rotatable bonds is 12. The van der Waals surface area contributed by atoms with Gasteiger partial charge >= 0.3 is 0 Å². The number of carbonyl (C=O) groups excluding carboxylic acids is 2. The molecule has 0 bridgehead atoms.